The Balaban J connectivity index is 1.95. The highest BCUT2D eigenvalue weighted by Gasteiger charge is 2.26. The lowest BCUT2D eigenvalue weighted by Gasteiger charge is -2.14. The summed E-state index contributed by atoms with van der Waals surface area (Å²) in [7, 11) is 0. The van der Waals surface area contributed by atoms with Crippen molar-refractivity contribution >= 4 is 5.91 Å². The van der Waals surface area contributed by atoms with Gasteiger partial charge in [-0.15, -0.1) is 10.2 Å². The second-order valence-electron chi connectivity index (χ2n) is 3.18. The van der Waals surface area contributed by atoms with E-state index in [1.807, 2.05) is 6.92 Å². The van der Waals surface area contributed by atoms with Crippen LogP contribution in [0, 0.1) is 0 Å². The first-order valence-electron chi connectivity index (χ1n) is 4.43. The molecule has 0 aliphatic carbocycles. The summed E-state index contributed by atoms with van der Waals surface area (Å²) in [4.78, 5) is 11.5. The number of nitrogens with one attached hydrogen (secondary N) is 2. The Hall–Kier alpha value is -1.50. The van der Waals surface area contributed by atoms with Crippen LogP contribution in [0.15, 0.2) is 0 Å². The number of hydrogen-bond donors (Lipinski definition) is 2. The van der Waals surface area contributed by atoms with Gasteiger partial charge in [0.15, 0.2) is 0 Å². The van der Waals surface area contributed by atoms with Gasteiger partial charge in [-0.25, -0.2) is 0 Å². The first-order valence-corrected chi connectivity index (χ1v) is 4.43. The molecule has 1 aromatic heterocycles. The fourth-order valence-electron chi connectivity index (χ4n) is 1.41. The van der Waals surface area contributed by atoms with Gasteiger partial charge in [0.1, 0.15) is 0 Å². The molecule has 1 saturated heterocycles. The summed E-state index contributed by atoms with van der Waals surface area (Å²) in [6, 6.07) is 0.0426. The van der Waals surface area contributed by atoms with Crippen molar-refractivity contribution in [2.75, 3.05) is 6.61 Å². The molecular weight excluding hydrogens is 186 g/mol. The number of rotatable bonds is 2. The van der Waals surface area contributed by atoms with E-state index in [9.17, 15) is 4.79 Å². The quantitative estimate of drug-likeness (QED) is 0.641. The maximum atomic E-state index is 11.5. The lowest BCUT2D eigenvalue weighted by molar-refractivity contribution is 0.0857. The Labute approximate surface area is 80.2 Å². The van der Waals surface area contributed by atoms with Crippen LogP contribution in [-0.2, 0) is 4.74 Å². The molecule has 76 valence electrons. The van der Waals surface area contributed by atoms with Crippen molar-refractivity contribution in [3.05, 3.63) is 5.82 Å². The first-order chi connectivity index (χ1) is 6.77. The van der Waals surface area contributed by atoms with Gasteiger partial charge >= 0.3 is 0 Å². The third-order valence-electron chi connectivity index (χ3n) is 2.24. The molecule has 1 aromatic rings. The van der Waals surface area contributed by atoms with Crippen LogP contribution in [0.4, 0.5) is 0 Å². The highest BCUT2D eigenvalue weighted by Crippen LogP contribution is 2.12. The van der Waals surface area contributed by atoms with Crippen molar-refractivity contribution in [3.8, 4) is 0 Å². The third-order valence-corrected chi connectivity index (χ3v) is 2.24. The number of hydrogen-bond acceptors (Lipinski definition) is 5. The number of carbonyl (C=O) groups excluding carboxylic acids is 1. The lowest BCUT2D eigenvalue weighted by atomic mass is 10.1. The van der Waals surface area contributed by atoms with E-state index in [0.29, 0.717) is 6.61 Å². The standard InChI is InChI=1S/C7H11N5O2/c1-4-5(2-3-14-4)8-7(13)6-9-11-12-10-6/h4-5H,2-3H2,1H3,(H,8,13)(H,9,10,11,12). The average Bonchev–Trinajstić information content (AvgIpc) is 2.77. The average molecular weight is 197 g/mol. The number of H-pyrrole nitrogens is 1. The summed E-state index contributed by atoms with van der Waals surface area (Å²) in [5, 5.41) is 15.5. The first kappa shape index (κ1) is 9.07. The van der Waals surface area contributed by atoms with Crippen molar-refractivity contribution < 1.29 is 9.53 Å². The molecule has 7 heteroatoms. The van der Waals surface area contributed by atoms with E-state index in [1.165, 1.54) is 0 Å². The number of aromatic amines is 1. The largest absolute Gasteiger partial charge is 0.376 e. The van der Waals surface area contributed by atoms with E-state index in [-0.39, 0.29) is 23.9 Å². The summed E-state index contributed by atoms with van der Waals surface area (Å²) < 4.78 is 5.30. The topological polar surface area (TPSA) is 92.8 Å². The molecule has 14 heavy (non-hydrogen) atoms. The molecule has 1 aliphatic heterocycles. The van der Waals surface area contributed by atoms with Crippen molar-refractivity contribution in [2.45, 2.75) is 25.5 Å². The summed E-state index contributed by atoms with van der Waals surface area (Å²) >= 11 is 0. The summed E-state index contributed by atoms with van der Waals surface area (Å²) in [5.41, 5.74) is 0. The van der Waals surface area contributed by atoms with Gasteiger partial charge in [0, 0.05) is 6.61 Å². The minimum absolute atomic E-state index is 0.0426. The zero-order chi connectivity index (χ0) is 9.97. The number of tetrazole rings is 1. The van der Waals surface area contributed by atoms with Crippen molar-refractivity contribution in [2.24, 2.45) is 0 Å². The zero-order valence-corrected chi connectivity index (χ0v) is 7.73. The molecule has 2 heterocycles. The molecule has 0 aromatic carbocycles. The van der Waals surface area contributed by atoms with Gasteiger partial charge in [0.05, 0.1) is 12.1 Å². The predicted octanol–water partition coefficient (Wildman–Crippen LogP) is -0.893. The van der Waals surface area contributed by atoms with Crippen LogP contribution in [-0.4, -0.2) is 45.3 Å². The fraction of sp³-hybridized carbons (Fsp3) is 0.714. The molecule has 2 N–H and O–H groups in total. The molecule has 0 saturated carbocycles. The number of nitrogens with zero attached hydrogens (tertiary/aromatic N) is 3. The SMILES string of the molecule is CC1OCCC1NC(=O)c1nn[nH]n1. The predicted molar refractivity (Wildman–Crippen MR) is 45.5 cm³/mol. The monoisotopic (exact) mass is 197 g/mol. The van der Waals surface area contributed by atoms with E-state index >= 15 is 0 Å². The van der Waals surface area contributed by atoms with E-state index in [4.69, 9.17) is 4.74 Å². The maximum absolute atomic E-state index is 11.5. The second kappa shape index (κ2) is 3.70. The van der Waals surface area contributed by atoms with E-state index in [0.717, 1.165) is 6.42 Å². The van der Waals surface area contributed by atoms with Crippen molar-refractivity contribution in [1.82, 2.24) is 25.9 Å². The molecule has 2 unspecified atom stereocenters. The third kappa shape index (κ3) is 1.72. The van der Waals surface area contributed by atoms with Crippen molar-refractivity contribution in [3.63, 3.8) is 0 Å². The molecular formula is C7H11N5O2. The van der Waals surface area contributed by atoms with Crippen LogP contribution < -0.4 is 5.32 Å². The molecule has 1 aliphatic rings. The van der Waals surface area contributed by atoms with Crippen LogP contribution in [0.1, 0.15) is 24.0 Å². The Morgan fingerprint density at radius 1 is 1.71 bits per heavy atom. The van der Waals surface area contributed by atoms with Gasteiger partial charge in [-0.05, 0) is 18.6 Å². The van der Waals surface area contributed by atoms with Crippen LogP contribution >= 0.6 is 0 Å². The lowest BCUT2D eigenvalue weighted by Crippen LogP contribution is -2.39. The maximum Gasteiger partial charge on any atom is 0.293 e. The summed E-state index contributed by atoms with van der Waals surface area (Å²) in [6.45, 7) is 2.60. The van der Waals surface area contributed by atoms with Gasteiger partial charge in [0.25, 0.3) is 11.7 Å². The Bertz CT molecular complexity index is 312. The summed E-state index contributed by atoms with van der Waals surface area (Å²) in [5.74, 6) is -0.259. The van der Waals surface area contributed by atoms with Gasteiger partial charge in [-0.2, -0.15) is 5.21 Å². The molecule has 0 spiro atoms. The van der Waals surface area contributed by atoms with E-state index in [1.54, 1.807) is 0 Å². The molecule has 1 fully saturated rings. The minimum Gasteiger partial charge on any atom is -0.376 e. The normalized spacial score (nSPS) is 26.4. The molecule has 0 bridgehead atoms. The Morgan fingerprint density at radius 3 is 3.14 bits per heavy atom. The van der Waals surface area contributed by atoms with Crippen molar-refractivity contribution in [1.29, 1.82) is 0 Å². The minimum atomic E-state index is -0.318. The summed E-state index contributed by atoms with van der Waals surface area (Å²) in [6.07, 6.45) is 0.871. The van der Waals surface area contributed by atoms with Crippen LogP contribution in [0.3, 0.4) is 0 Å². The number of carbonyl (C=O) groups is 1. The number of ether oxygens (including phenoxy) is 1. The van der Waals surface area contributed by atoms with Gasteiger partial charge in [-0.3, -0.25) is 4.79 Å². The van der Waals surface area contributed by atoms with Crippen LogP contribution in [0.5, 0.6) is 0 Å². The van der Waals surface area contributed by atoms with Crippen LogP contribution in [0.25, 0.3) is 0 Å². The van der Waals surface area contributed by atoms with E-state index in [2.05, 4.69) is 25.9 Å². The Kier molecular flexibility index (Phi) is 2.40. The zero-order valence-electron chi connectivity index (χ0n) is 7.73. The van der Waals surface area contributed by atoms with Crippen LogP contribution in [0.2, 0.25) is 0 Å². The number of amides is 1. The molecule has 7 nitrogen and oxygen atoms in total. The number of aromatic nitrogens is 4. The second-order valence-corrected chi connectivity index (χ2v) is 3.18. The highest BCUT2D eigenvalue weighted by atomic mass is 16.5. The highest BCUT2D eigenvalue weighted by molar-refractivity contribution is 5.90. The Morgan fingerprint density at radius 2 is 2.57 bits per heavy atom. The fourth-order valence-corrected chi connectivity index (χ4v) is 1.41. The molecule has 2 atom stereocenters. The van der Waals surface area contributed by atoms with E-state index < -0.39 is 0 Å². The molecule has 0 radical (unpaired) electrons. The van der Waals surface area contributed by atoms with Gasteiger partial charge < -0.3 is 10.1 Å². The van der Waals surface area contributed by atoms with Gasteiger partial charge in [-0.1, -0.05) is 0 Å². The van der Waals surface area contributed by atoms with Gasteiger partial charge in [0.2, 0.25) is 0 Å². The molecule has 1 amide bonds. The molecule has 2 rings (SSSR count). The smallest absolute Gasteiger partial charge is 0.293 e.